The van der Waals surface area contributed by atoms with E-state index in [1.807, 2.05) is 11.0 Å². The maximum absolute atomic E-state index is 12.5. The summed E-state index contributed by atoms with van der Waals surface area (Å²) in [5, 5.41) is 13.7. The van der Waals surface area contributed by atoms with Gasteiger partial charge in [0.05, 0.1) is 11.5 Å². The predicted molar refractivity (Wildman–Crippen MR) is 104 cm³/mol. The highest BCUT2D eigenvalue weighted by atomic mass is 32.1. The Morgan fingerprint density at radius 2 is 2.18 bits per heavy atom. The monoisotopic (exact) mass is 403 g/mol. The van der Waals surface area contributed by atoms with E-state index in [0.29, 0.717) is 28.9 Å². The van der Waals surface area contributed by atoms with Gasteiger partial charge in [-0.2, -0.15) is 5.26 Å². The van der Waals surface area contributed by atoms with Crippen molar-refractivity contribution in [3.8, 4) is 6.07 Å². The Morgan fingerprint density at radius 3 is 2.93 bits per heavy atom. The molecule has 0 bridgehead atoms. The third-order valence-corrected chi connectivity index (χ3v) is 6.77. The Bertz CT molecular complexity index is 800. The maximum Gasteiger partial charge on any atom is 0.311 e. The molecule has 8 heteroatoms. The molecule has 2 amide bonds. The summed E-state index contributed by atoms with van der Waals surface area (Å²) in [6.07, 6.45) is 3.39. The van der Waals surface area contributed by atoms with Crippen LogP contribution in [0.15, 0.2) is 11.4 Å². The van der Waals surface area contributed by atoms with Gasteiger partial charge in [0.2, 0.25) is 5.91 Å². The minimum absolute atomic E-state index is 0.00500. The number of nitrogens with zero attached hydrogens (tertiary/aromatic N) is 2. The van der Waals surface area contributed by atoms with Gasteiger partial charge in [-0.25, -0.2) is 0 Å². The number of hydrogen-bond donors (Lipinski definition) is 1. The average molecular weight is 404 g/mol. The van der Waals surface area contributed by atoms with E-state index < -0.39 is 24.4 Å². The molecule has 1 aromatic rings. The molecule has 1 saturated heterocycles. The second kappa shape index (κ2) is 8.74. The van der Waals surface area contributed by atoms with Crippen molar-refractivity contribution in [2.75, 3.05) is 18.5 Å². The molecule has 1 saturated carbocycles. The van der Waals surface area contributed by atoms with Gasteiger partial charge in [0, 0.05) is 19.0 Å². The number of esters is 1. The summed E-state index contributed by atoms with van der Waals surface area (Å²) in [5.74, 6) is -0.566. The third-order valence-electron chi connectivity index (χ3n) is 5.94. The first-order valence-electron chi connectivity index (χ1n) is 9.64. The Labute approximate surface area is 168 Å². The topological polar surface area (TPSA) is 99.5 Å². The van der Waals surface area contributed by atoms with Crippen LogP contribution in [0.4, 0.5) is 5.00 Å². The molecule has 1 aromatic heterocycles. The van der Waals surface area contributed by atoms with Gasteiger partial charge in [-0.1, -0.05) is 26.7 Å². The first-order chi connectivity index (χ1) is 13.4. The van der Waals surface area contributed by atoms with Crippen molar-refractivity contribution in [2.45, 2.75) is 45.6 Å². The summed E-state index contributed by atoms with van der Waals surface area (Å²) >= 11 is 1.23. The van der Waals surface area contributed by atoms with Gasteiger partial charge < -0.3 is 15.0 Å². The van der Waals surface area contributed by atoms with Gasteiger partial charge in [0.15, 0.2) is 6.61 Å². The lowest BCUT2D eigenvalue weighted by molar-refractivity contribution is -0.151. The van der Waals surface area contributed by atoms with Crippen LogP contribution in [-0.4, -0.2) is 41.9 Å². The van der Waals surface area contributed by atoms with Gasteiger partial charge in [-0.05, 0) is 29.7 Å². The third kappa shape index (κ3) is 4.36. The average Bonchev–Trinajstić information content (AvgIpc) is 3.28. The SMILES string of the molecule is C[C@@H]1[C@@H](C)CCC[C@@H]1N1C[C@H](C(=O)OCC(=O)Nc2sccc2C#N)CC1=O. The lowest BCUT2D eigenvalue weighted by atomic mass is 9.77. The Hall–Kier alpha value is -2.40. The van der Waals surface area contributed by atoms with E-state index in [2.05, 4.69) is 19.2 Å². The molecule has 0 unspecified atom stereocenters. The maximum atomic E-state index is 12.5. The van der Waals surface area contributed by atoms with Crippen LogP contribution in [0.3, 0.4) is 0 Å². The molecular weight excluding hydrogens is 378 g/mol. The van der Waals surface area contributed by atoms with E-state index in [1.54, 1.807) is 11.4 Å². The minimum atomic E-state index is -0.527. The summed E-state index contributed by atoms with van der Waals surface area (Å²) in [4.78, 5) is 38.7. The van der Waals surface area contributed by atoms with Crippen molar-refractivity contribution in [3.63, 3.8) is 0 Å². The minimum Gasteiger partial charge on any atom is -0.455 e. The molecule has 2 aliphatic rings. The van der Waals surface area contributed by atoms with Gasteiger partial charge in [-0.15, -0.1) is 11.3 Å². The number of thiophene rings is 1. The van der Waals surface area contributed by atoms with Crippen LogP contribution in [0.25, 0.3) is 0 Å². The number of anilines is 1. The van der Waals surface area contributed by atoms with E-state index in [0.717, 1.165) is 12.8 Å². The molecule has 0 radical (unpaired) electrons. The number of nitriles is 1. The molecule has 0 aromatic carbocycles. The number of hydrogen-bond acceptors (Lipinski definition) is 6. The fraction of sp³-hybridized carbons (Fsp3) is 0.600. The number of nitrogens with one attached hydrogen (secondary N) is 1. The lowest BCUT2D eigenvalue weighted by Gasteiger charge is -2.39. The van der Waals surface area contributed by atoms with Crippen LogP contribution in [0.5, 0.6) is 0 Å². The van der Waals surface area contributed by atoms with E-state index in [4.69, 9.17) is 10.00 Å². The van der Waals surface area contributed by atoms with Crippen LogP contribution in [0, 0.1) is 29.1 Å². The quantitative estimate of drug-likeness (QED) is 0.762. The summed E-state index contributed by atoms with van der Waals surface area (Å²) < 4.78 is 5.13. The highest BCUT2D eigenvalue weighted by Crippen LogP contribution is 2.35. The first kappa shape index (κ1) is 20.3. The Kier molecular flexibility index (Phi) is 6.35. The zero-order valence-corrected chi connectivity index (χ0v) is 17.0. The van der Waals surface area contributed by atoms with Crippen molar-refractivity contribution in [3.05, 3.63) is 17.0 Å². The van der Waals surface area contributed by atoms with Gasteiger partial charge in [0.1, 0.15) is 11.1 Å². The normalized spacial score (nSPS) is 27.3. The number of likely N-dealkylation sites (tertiary alicyclic amines) is 1. The molecule has 2 fully saturated rings. The second-order valence-electron chi connectivity index (χ2n) is 7.71. The van der Waals surface area contributed by atoms with E-state index >= 15 is 0 Å². The van der Waals surface area contributed by atoms with Crippen molar-refractivity contribution in [1.29, 1.82) is 5.26 Å². The lowest BCUT2D eigenvalue weighted by Crippen LogP contribution is -2.45. The molecule has 150 valence electrons. The predicted octanol–water partition coefficient (Wildman–Crippen LogP) is 2.77. The summed E-state index contributed by atoms with van der Waals surface area (Å²) in [6, 6.07) is 3.77. The van der Waals surface area contributed by atoms with Crippen LogP contribution >= 0.6 is 11.3 Å². The molecule has 1 N–H and O–H groups in total. The Morgan fingerprint density at radius 1 is 1.39 bits per heavy atom. The number of carbonyl (C=O) groups excluding carboxylic acids is 3. The van der Waals surface area contributed by atoms with Gasteiger partial charge in [0.25, 0.3) is 5.91 Å². The first-order valence-corrected chi connectivity index (χ1v) is 10.5. The largest absolute Gasteiger partial charge is 0.455 e. The number of ether oxygens (including phenoxy) is 1. The summed E-state index contributed by atoms with van der Waals surface area (Å²) in [5.41, 5.74) is 0.373. The number of carbonyl (C=O) groups is 3. The smallest absolute Gasteiger partial charge is 0.311 e. The molecule has 0 spiro atoms. The molecule has 4 atom stereocenters. The van der Waals surface area contributed by atoms with Crippen molar-refractivity contribution in [2.24, 2.45) is 17.8 Å². The second-order valence-corrected chi connectivity index (χ2v) is 8.63. The van der Waals surface area contributed by atoms with Crippen LogP contribution in [0.1, 0.15) is 45.1 Å². The van der Waals surface area contributed by atoms with Crippen LogP contribution < -0.4 is 5.32 Å². The highest BCUT2D eigenvalue weighted by molar-refractivity contribution is 7.14. The molecule has 1 aliphatic carbocycles. The van der Waals surface area contributed by atoms with E-state index in [-0.39, 0.29) is 18.4 Å². The standard InChI is InChI=1S/C20H25N3O4S/c1-12-4-3-5-16(13(12)2)23-10-15(8-18(23)25)20(26)27-11-17(24)22-19-14(9-21)6-7-28-19/h6-7,12-13,15-16H,3-5,8,10-11H2,1-2H3,(H,22,24)/t12-,13+,15+,16-/m0/s1. The van der Waals surface area contributed by atoms with Crippen LogP contribution in [0.2, 0.25) is 0 Å². The summed E-state index contributed by atoms with van der Waals surface area (Å²) in [6.45, 7) is 4.33. The van der Waals surface area contributed by atoms with Crippen molar-refractivity contribution in [1.82, 2.24) is 4.90 Å². The fourth-order valence-electron chi connectivity index (χ4n) is 4.12. The molecular formula is C20H25N3O4S. The zero-order chi connectivity index (χ0) is 20.3. The molecule has 28 heavy (non-hydrogen) atoms. The van der Waals surface area contributed by atoms with E-state index in [9.17, 15) is 14.4 Å². The zero-order valence-electron chi connectivity index (χ0n) is 16.1. The molecule has 7 nitrogen and oxygen atoms in total. The van der Waals surface area contributed by atoms with Crippen LogP contribution in [-0.2, 0) is 19.1 Å². The fourth-order valence-corrected chi connectivity index (χ4v) is 4.87. The van der Waals surface area contributed by atoms with Crippen molar-refractivity contribution < 1.29 is 19.1 Å². The van der Waals surface area contributed by atoms with Gasteiger partial charge in [-0.3, -0.25) is 14.4 Å². The molecule has 1 aliphatic heterocycles. The van der Waals surface area contributed by atoms with E-state index in [1.165, 1.54) is 17.8 Å². The highest BCUT2D eigenvalue weighted by Gasteiger charge is 2.42. The number of amides is 2. The molecule has 2 heterocycles. The summed E-state index contributed by atoms with van der Waals surface area (Å²) in [7, 11) is 0. The Balaban J connectivity index is 1.50. The van der Waals surface area contributed by atoms with Crippen molar-refractivity contribution >= 4 is 34.1 Å². The number of rotatable bonds is 5. The van der Waals surface area contributed by atoms with Gasteiger partial charge >= 0.3 is 5.97 Å². The molecule has 3 rings (SSSR count).